The van der Waals surface area contributed by atoms with Crippen LogP contribution in [0.2, 0.25) is 0 Å². The van der Waals surface area contributed by atoms with Crippen LogP contribution in [0.15, 0.2) is 53.9 Å². The number of rotatable bonds is 6. The van der Waals surface area contributed by atoms with E-state index in [1.54, 1.807) is 0 Å². The maximum absolute atomic E-state index is 12.5. The van der Waals surface area contributed by atoms with E-state index in [9.17, 15) is 14.7 Å². The van der Waals surface area contributed by atoms with E-state index in [2.05, 4.69) is 43.2 Å². The predicted molar refractivity (Wildman–Crippen MR) is 124 cm³/mol. The summed E-state index contributed by atoms with van der Waals surface area (Å²) in [6.45, 7) is 6.29. The highest BCUT2D eigenvalue weighted by atomic mass is 32.1. The molecular weight excluding hydrogens is 424 g/mol. The molecule has 0 aliphatic heterocycles. The normalized spacial score (nSPS) is 13.8. The minimum absolute atomic E-state index is 0.0789. The molecule has 1 aromatic heterocycles. The maximum Gasteiger partial charge on any atom is 0.407 e. The number of fused-ring (bicyclic) bond motifs is 3. The fraction of sp³-hybridized carbons (Fsp3) is 0.320. The number of nitrogens with zero attached hydrogens (tertiary/aromatic N) is 1. The van der Waals surface area contributed by atoms with Crippen molar-refractivity contribution in [2.75, 3.05) is 6.61 Å². The zero-order chi connectivity index (χ0) is 22.9. The molecule has 0 bridgehead atoms. The topological polar surface area (TPSA) is 88.5 Å². The van der Waals surface area contributed by atoms with E-state index in [4.69, 9.17) is 4.74 Å². The lowest BCUT2D eigenvalue weighted by molar-refractivity contribution is -0.139. The smallest absolute Gasteiger partial charge is 0.407 e. The number of aromatic nitrogens is 1. The number of nitrogens with one attached hydrogen (secondary N) is 1. The van der Waals surface area contributed by atoms with Crippen molar-refractivity contribution in [3.05, 3.63) is 75.7 Å². The van der Waals surface area contributed by atoms with Gasteiger partial charge in [-0.05, 0) is 22.3 Å². The van der Waals surface area contributed by atoms with Crippen molar-refractivity contribution in [3.63, 3.8) is 0 Å². The van der Waals surface area contributed by atoms with Gasteiger partial charge in [0.2, 0.25) is 0 Å². The molecule has 6 nitrogen and oxygen atoms in total. The zero-order valence-corrected chi connectivity index (χ0v) is 19.1. The molecule has 2 aromatic carbocycles. The van der Waals surface area contributed by atoms with Gasteiger partial charge in [0.1, 0.15) is 12.6 Å². The number of hydrogen-bond donors (Lipinski definition) is 2. The van der Waals surface area contributed by atoms with Gasteiger partial charge in [0, 0.05) is 23.1 Å². The molecule has 1 aliphatic carbocycles. The third kappa shape index (κ3) is 4.53. The fourth-order valence-corrected chi connectivity index (χ4v) is 4.97. The van der Waals surface area contributed by atoms with Crippen LogP contribution in [0.3, 0.4) is 0 Å². The number of carbonyl (C=O) groups excluding carboxylic acids is 1. The Kier molecular flexibility index (Phi) is 6.02. The quantitative estimate of drug-likeness (QED) is 0.553. The van der Waals surface area contributed by atoms with Crippen LogP contribution in [-0.4, -0.2) is 34.8 Å². The van der Waals surface area contributed by atoms with Gasteiger partial charge < -0.3 is 15.2 Å². The average molecular weight is 451 g/mol. The summed E-state index contributed by atoms with van der Waals surface area (Å²) >= 11 is 1.40. The summed E-state index contributed by atoms with van der Waals surface area (Å²) in [4.78, 5) is 28.8. The summed E-state index contributed by atoms with van der Waals surface area (Å²) in [5.74, 6) is -1.20. The summed E-state index contributed by atoms with van der Waals surface area (Å²) in [5, 5.41) is 14.7. The number of hydrogen-bond acceptors (Lipinski definition) is 5. The summed E-state index contributed by atoms with van der Waals surface area (Å²) in [7, 11) is 0. The van der Waals surface area contributed by atoms with Crippen molar-refractivity contribution in [1.29, 1.82) is 0 Å². The Morgan fingerprint density at radius 2 is 1.69 bits per heavy atom. The predicted octanol–water partition coefficient (Wildman–Crippen LogP) is 4.98. The van der Waals surface area contributed by atoms with Crippen molar-refractivity contribution in [2.24, 2.45) is 0 Å². The molecule has 3 aromatic rings. The van der Waals surface area contributed by atoms with Crippen LogP contribution in [0.4, 0.5) is 4.79 Å². The van der Waals surface area contributed by atoms with E-state index >= 15 is 0 Å². The van der Waals surface area contributed by atoms with Gasteiger partial charge in [0.25, 0.3) is 0 Å². The Morgan fingerprint density at radius 1 is 1.09 bits per heavy atom. The first-order valence-electron chi connectivity index (χ1n) is 10.5. The molecular formula is C25H26N2O4S. The van der Waals surface area contributed by atoms with Gasteiger partial charge in [-0.25, -0.2) is 14.6 Å². The Balaban J connectivity index is 1.41. The van der Waals surface area contributed by atoms with Gasteiger partial charge >= 0.3 is 12.1 Å². The van der Waals surface area contributed by atoms with Crippen LogP contribution in [0.25, 0.3) is 11.1 Å². The summed E-state index contributed by atoms with van der Waals surface area (Å²) in [5.41, 5.74) is 5.27. The summed E-state index contributed by atoms with van der Waals surface area (Å²) < 4.78 is 5.49. The number of carbonyl (C=O) groups is 2. The van der Waals surface area contributed by atoms with Crippen molar-refractivity contribution in [3.8, 4) is 11.1 Å². The van der Waals surface area contributed by atoms with Gasteiger partial charge in [-0.1, -0.05) is 69.3 Å². The van der Waals surface area contributed by atoms with Gasteiger partial charge in [0.15, 0.2) is 0 Å². The third-order valence-corrected chi connectivity index (χ3v) is 6.50. The fourth-order valence-electron chi connectivity index (χ4n) is 3.91. The van der Waals surface area contributed by atoms with E-state index < -0.39 is 18.1 Å². The maximum atomic E-state index is 12.5. The average Bonchev–Trinajstić information content (AvgIpc) is 3.35. The molecule has 0 saturated heterocycles. The van der Waals surface area contributed by atoms with E-state index in [1.165, 1.54) is 11.3 Å². The van der Waals surface area contributed by atoms with Crippen LogP contribution in [0.1, 0.15) is 48.5 Å². The van der Waals surface area contributed by atoms with E-state index in [-0.39, 0.29) is 24.4 Å². The Hall–Kier alpha value is -3.19. The molecule has 1 heterocycles. The van der Waals surface area contributed by atoms with Gasteiger partial charge in [0.05, 0.1) is 10.7 Å². The van der Waals surface area contributed by atoms with Crippen molar-refractivity contribution < 1.29 is 19.4 Å². The molecule has 0 fully saturated rings. The monoisotopic (exact) mass is 450 g/mol. The van der Waals surface area contributed by atoms with Crippen molar-refractivity contribution in [2.45, 2.75) is 44.6 Å². The molecule has 1 unspecified atom stereocenters. The van der Waals surface area contributed by atoms with Crippen LogP contribution in [-0.2, 0) is 21.4 Å². The molecule has 1 amide bonds. The SMILES string of the molecule is CC(C)(C)c1csc(CC(NC(=O)OCC2c3ccccc3-c3ccccc32)C(=O)O)n1. The molecule has 32 heavy (non-hydrogen) atoms. The number of alkyl carbamates (subject to hydrolysis) is 1. The second-order valence-electron chi connectivity index (χ2n) is 8.94. The van der Waals surface area contributed by atoms with Crippen LogP contribution in [0, 0.1) is 0 Å². The number of benzene rings is 2. The number of ether oxygens (including phenoxy) is 1. The lowest BCUT2D eigenvalue weighted by Crippen LogP contribution is -2.42. The van der Waals surface area contributed by atoms with Crippen molar-refractivity contribution >= 4 is 23.4 Å². The second-order valence-corrected chi connectivity index (χ2v) is 9.88. The molecule has 1 atom stereocenters. The third-order valence-electron chi connectivity index (χ3n) is 5.63. The number of thiazole rings is 1. The lowest BCUT2D eigenvalue weighted by Gasteiger charge is -2.17. The van der Waals surface area contributed by atoms with Gasteiger partial charge in [-0.15, -0.1) is 11.3 Å². The minimum atomic E-state index is -1.12. The summed E-state index contributed by atoms with van der Waals surface area (Å²) in [6.07, 6.45) is -0.632. The highest BCUT2D eigenvalue weighted by Crippen LogP contribution is 2.44. The molecule has 0 radical (unpaired) electrons. The van der Waals surface area contributed by atoms with E-state index in [0.717, 1.165) is 27.9 Å². The highest BCUT2D eigenvalue weighted by Gasteiger charge is 2.30. The number of amides is 1. The Bertz CT molecular complexity index is 1100. The Morgan fingerprint density at radius 3 is 2.22 bits per heavy atom. The largest absolute Gasteiger partial charge is 0.480 e. The first kappa shape index (κ1) is 22.0. The summed E-state index contributed by atoms with van der Waals surface area (Å²) in [6, 6.07) is 15.0. The van der Waals surface area contributed by atoms with Gasteiger partial charge in [-0.3, -0.25) is 0 Å². The van der Waals surface area contributed by atoms with Crippen LogP contribution < -0.4 is 5.32 Å². The number of carboxylic acids is 1. The second kappa shape index (κ2) is 8.74. The standard InChI is InChI=1S/C25H26N2O4S/c1-25(2,3)21-14-32-22(27-21)12-20(23(28)29)26-24(30)31-13-19-17-10-6-4-8-15(17)16-9-5-7-11-18(16)19/h4-11,14,19-20H,12-13H2,1-3H3,(H,26,30)(H,28,29). The highest BCUT2D eigenvalue weighted by molar-refractivity contribution is 7.09. The number of aliphatic carboxylic acids is 1. The van der Waals surface area contributed by atoms with Gasteiger partial charge in [-0.2, -0.15) is 0 Å². The molecule has 7 heteroatoms. The van der Waals surface area contributed by atoms with Crippen LogP contribution >= 0.6 is 11.3 Å². The van der Waals surface area contributed by atoms with Crippen molar-refractivity contribution in [1.82, 2.24) is 10.3 Å². The minimum Gasteiger partial charge on any atom is -0.480 e. The van der Waals surface area contributed by atoms with Crippen LogP contribution in [0.5, 0.6) is 0 Å². The molecule has 0 spiro atoms. The molecule has 4 rings (SSSR count). The molecule has 166 valence electrons. The molecule has 2 N–H and O–H groups in total. The molecule has 0 saturated carbocycles. The Labute approximate surface area is 191 Å². The molecule has 1 aliphatic rings. The first-order chi connectivity index (χ1) is 15.2. The lowest BCUT2D eigenvalue weighted by atomic mass is 9.93. The zero-order valence-electron chi connectivity index (χ0n) is 18.3. The first-order valence-corrected chi connectivity index (χ1v) is 11.4. The number of carboxylic acid groups (broad SMARTS) is 1. The van der Waals surface area contributed by atoms with E-state index in [0.29, 0.717) is 5.01 Å². The van der Waals surface area contributed by atoms with E-state index in [1.807, 2.05) is 41.8 Å².